The summed E-state index contributed by atoms with van der Waals surface area (Å²) in [4.78, 5) is 22.7. The van der Waals surface area contributed by atoms with Crippen LogP contribution in [0.3, 0.4) is 0 Å². The van der Waals surface area contributed by atoms with Crippen molar-refractivity contribution in [3.05, 3.63) is 44.8 Å². The average Bonchev–Trinajstić information content (AvgIpc) is 2.76. The Balaban J connectivity index is 2.05. The van der Waals surface area contributed by atoms with E-state index in [1.54, 1.807) is 11.4 Å². The predicted octanol–water partition coefficient (Wildman–Crippen LogP) is 3.69. The molecule has 2 rings (SSSR count). The molecule has 0 atom stereocenters. The number of carboxylic acids is 1. The smallest absolute Gasteiger partial charge is 0.338 e. The summed E-state index contributed by atoms with van der Waals surface area (Å²) in [7, 11) is 0. The third-order valence-electron chi connectivity index (χ3n) is 2.21. The van der Waals surface area contributed by atoms with Crippen LogP contribution in [0.5, 0.6) is 0 Å². The van der Waals surface area contributed by atoms with E-state index in [9.17, 15) is 9.59 Å². The summed E-state index contributed by atoms with van der Waals surface area (Å²) >= 11 is 3.31. The van der Waals surface area contributed by atoms with Crippen LogP contribution < -0.4 is 10.6 Å². The number of rotatable bonds is 3. The van der Waals surface area contributed by atoms with Crippen LogP contribution in [-0.4, -0.2) is 17.1 Å². The highest BCUT2D eigenvalue weighted by molar-refractivity contribution is 14.1. The van der Waals surface area contributed by atoms with E-state index in [1.807, 2.05) is 18.2 Å². The number of carboxylic acid groups (broad SMARTS) is 1. The number of amides is 2. The first-order valence-electron chi connectivity index (χ1n) is 5.20. The molecule has 0 bridgehead atoms. The van der Waals surface area contributed by atoms with Gasteiger partial charge in [-0.15, -0.1) is 11.3 Å². The average molecular weight is 388 g/mol. The van der Waals surface area contributed by atoms with E-state index in [1.165, 1.54) is 17.4 Å². The second kappa shape index (κ2) is 6.02. The number of urea groups is 1. The van der Waals surface area contributed by atoms with Crippen molar-refractivity contribution in [2.75, 3.05) is 10.6 Å². The Morgan fingerprint density at radius 2 is 2.00 bits per heavy atom. The zero-order valence-corrected chi connectivity index (χ0v) is 12.5. The van der Waals surface area contributed by atoms with Gasteiger partial charge < -0.3 is 10.4 Å². The van der Waals surface area contributed by atoms with Crippen molar-refractivity contribution in [2.45, 2.75) is 0 Å². The predicted molar refractivity (Wildman–Crippen MR) is 83.1 cm³/mol. The monoisotopic (exact) mass is 388 g/mol. The van der Waals surface area contributed by atoms with Crippen LogP contribution in [0.2, 0.25) is 0 Å². The van der Waals surface area contributed by atoms with Crippen molar-refractivity contribution in [1.29, 1.82) is 0 Å². The summed E-state index contributed by atoms with van der Waals surface area (Å²) in [6, 6.07) is 8.29. The third-order valence-corrected chi connectivity index (χ3v) is 3.71. The lowest BCUT2D eigenvalue weighted by Crippen LogP contribution is -2.20. The summed E-state index contributed by atoms with van der Waals surface area (Å²) in [5.41, 5.74) is 0.737. The molecule has 0 radical (unpaired) electrons. The lowest BCUT2D eigenvalue weighted by Gasteiger charge is -2.07. The molecule has 2 aromatic rings. The van der Waals surface area contributed by atoms with Gasteiger partial charge in [-0.25, -0.2) is 9.59 Å². The lowest BCUT2D eigenvalue weighted by molar-refractivity contribution is 0.0698. The fourth-order valence-corrected chi connectivity index (χ4v) is 2.72. The van der Waals surface area contributed by atoms with Crippen LogP contribution in [0, 0.1) is 3.57 Å². The normalized spacial score (nSPS) is 9.95. The fraction of sp³-hybridized carbons (Fsp3) is 0. The van der Waals surface area contributed by atoms with Crippen LogP contribution in [0.4, 0.5) is 15.5 Å². The van der Waals surface area contributed by atoms with Crippen molar-refractivity contribution in [1.82, 2.24) is 0 Å². The van der Waals surface area contributed by atoms with Crippen molar-refractivity contribution < 1.29 is 14.7 Å². The summed E-state index contributed by atoms with van der Waals surface area (Å²) in [6.07, 6.45) is 0. The summed E-state index contributed by atoms with van der Waals surface area (Å²) in [6.45, 7) is 0. The lowest BCUT2D eigenvalue weighted by atomic mass is 10.3. The highest BCUT2D eigenvalue weighted by Gasteiger charge is 2.13. The number of halogens is 1. The van der Waals surface area contributed by atoms with E-state index in [4.69, 9.17) is 5.11 Å². The summed E-state index contributed by atoms with van der Waals surface area (Å²) in [5, 5.41) is 16.0. The topological polar surface area (TPSA) is 78.4 Å². The molecule has 0 saturated heterocycles. The molecule has 0 aliphatic rings. The van der Waals surface area contributed by atoms with Gasteiger partial charge in [0, 0.05) is 9.26 Å². The number of aromatic carboxylic acids is 1. The molecule has 98 valence electrons. The molecule has 0 aliphatic carbocycles. The van der Waals surface area contributed by atoms with Gasteiger partial charge in [0.2, 0.25) is 0 Å². The number of carbonyl (C=O) groups excluding carboxylic acids is 1. The van der Waals surface area contributed by atoms with E-state index in [2.05, 4.69) is 33.2 Å². The van der Waals surface area contributed by atoms with Crippen LogP contribution in [-0.2, 0) is 0 Å². The molecular formula is C12H9IN2O3S. The van der Waals surface area contributed by atoms with Gasteiger partial charge in [0.25, 0.3) is 0 Å². The van der Waals surface area contributed by atoms with Gasteiger partial charge in [0.05, 0.1) is 5.56 Å². The first kappa shape index (κ1) is 13.8. The molecular weight excluding hydrogens is 379 g/mol. The largest absolute Gasteiger partial charge is 0.478 e. The molecule has 0 spiro atoms. The van der Waals surface area contributed by atoms with Gasteiger partial charge >= 0.3 is 12.0 Å². The Morgan fingerprint density at radius 1 is 1.21 bits per heavy atom. The number of nitrogens with one attached hydrogen (secondary N) is 2. The van der Waals surface area contributed by atoms with Gasteiger partial charge in [-0.3, -0.25) is 5.32 Å². The van der Waals surface area contributed by atoms with Crippen molar-refractivity contribution >= 4 is 56.6 Å². The summed E-state index contributed by atoms with van der Waals surface area (Å²) in [5.74, 6) is -1.06. The maximum absolute atomic E-state index is 11.8. The Labute approximate surface area is 126 Å². The van der Waals surface area contributed by atoms with Crippen LogP contribution in [0.25, 0.3) is 0 Å². The second-order valence-corrected chi connectivity index (χ2v) is 5.72. The molecule has 1 aromatic heterocycles. The van der Waals surface area contributed by atoms with Gasteiger partial charge in [-0.05, 0) is 52.2 Å². The number of hydrogen-bond acceptors (Lipinski definition) is 3. The minimum Gasteiger partial charge on any atom is -0.478 e. The molecule has 0 saturated carbocycles. The van der Waals surface area contributed by atoms with Crippen LogP contribution >= 0.6 is 33.9 Å². The van der Waals surface area contributed by atoms with Crippen molar-refractivity contribution in [2.24, 2.45) is 0 Å². The zero-order chi connectivity index (χ0) is 13.8. The molecule has 7 heteroatoms. The zero-order valence-electron chi connectivity index (χ0n) is 9.51. The molecule has 19 heavy (non-hydrogen) atoms. The number of hydrogen-bond donors (Lipinski definition) is 3. The van der Waals surface area contributed by atoms with Gasteiger partial charge in [-0.1, -0.05) is 6.07 Å². The van der Waals surface area contributed by atoms with E-state index in [-0.39, 0.29) is 5.56 Å². The molecule has 0 unspecified atom stereocenters. The highest BCUT2D eigenvalue weighted by atomic mass is 127. The Kier molecular flexibility index (Phi) is 4.38. The molecule has 3 N–H and O–H groups in total. The standard InChI is InChI=1S/C12H9IN2O3S/c13-7-2-1-3-8(6-7)14-12(18)15-10-9(11(16)17)4-5-19-10/h1-6H,(H,16,17)(H2,14,15,18). The highest BCUT2D eigenvalue weighted by Crippen LogP contribution is 2.23. The summed E-state index contributed by atoms with van der Waals surface area (Å²) < 4.78 is 0.998. The molecule has 0 fully saturated rings. The fourth-order valence-electron chi connectivity index (χ4n) is 1.41. The Bertz CT molecular complexity index is 627. The van der Waals surface area contributed by atoms with E-state index < -0.39 is 12.0 Å². The Hall–Kier alpha value is -1.61. The first-order valence-corrected chi connectivity index (χ1v) is 7.16. The quantitative estimate of drug-likeness (QED) is 0.702. The second-order valence-electron chi connectivity index (χ2n) is 3.56. The molecule has 5 nitrogen and oxygen atoms in total. The van der Waals surface area contributed by atoms with E-state index in [0.717, 1.165) is 3.57 Å². The van der Waals surface area contributed by atoms with E-state index in [0.29, 0.717) is 10.7 Å². The minimum atomic E-state index is -1.06. The van der Waals surface area contributed by atoms with Crippen molar-refractivity contribution in [3.63, 3.8) is 0 Å². The molecule has 1 aromatic carbocycles. The van der Waals surface area contributed by atoms with Crippen LogP contribution in [0.15, 0.2) is 35.7 Å². The van der Waals surface area contributed by atoms with Crippen molar-refractivity contribution in [3.8, 4) is 0 Å². The van der Waals surface area contributed by atoms with E-state index >= 15 is 0 Å². The van der Waals surface area contributed by atoms with Gasteiger partial charge in [0.1, 0.15) is 5.00 Å². The number of anilines is 2. The number of carbonyl (C=O) groups is 2. The van der Waals surface area contributed by atoms with Crippen LogP contribution in [0.1, 0.15) is 10.4 Å². The number of thiophene rings is 1. The SMILES string of the molecule is O=C(Nc1cccc(I)c1)Nc1sccc1C(=O)O. The Morgan fingerprint density at radius 3 is 2.68 bits per heavy atom. The first-order chi connectivity index (χ1) is 9.06. The molecule has 0 aliphatic heterocycles. The maximum Gasteiger partial charge on any atom is 0.338 e. The minimum absolute atomic E-state index is 0.0859. The third kappa shape index (κ3) is 3.67. The molecule has 2 amide bonds. The maximum atomic E-state index is 11.8. The van der Waals surface area contributed by atoms with Gasteiger partial charge in [0.15, 0.2) is 0 Å². The number of benzene rings is 1. The van der Waals surface area contributed by atoms with Gasteiger partial charge in [-0.2, -0.15) is 0 Å². The molecule has 1 heterocycles.